The van der Waals surface area contributed by atoms with E-state index in [1.807, 2.05) is 30.3 Å². The van der Waals surface area contributed by atoms with Crippen LogP contribution in [0, 0.1) is 17.0 Å². The van der Waals surface area contributed by atoms with Crippen molar-refractivity contribution in [2.45, 2.75) is 6.92 Å². The van der Waals surface area contributed by atoms with E-state index in [0.717, 1.165) is 11.6 Å². The molecule has 2 rings (SSSR count). The van der Waals surface area contributed by atoms with E-state index < -0.39 is 16.7 Å². The molecule has 7 nitrogen and oxygen atoms in total. The number of carbonyl (C=O) groups excluding carboxylic acids is 2. The van der Waals surface area contributed by atoms with Crippen LogP contribution in [0.25, 0.3) is 6.08 Å². The fourth-order valence-corrected chi connectivity index (χ4v) is 1.92. The summed E-state index contributed by atoms with van der Waals surface area (Å²) in [5.74, 6) is -1.16. The van der Waals surface area contributed by atoms with Gasteiger partial charge in [0.05, 0.1) is 4.92 Å². The quantitative estimate of drug-likeness (QED) is 0.512. The fourth-order valence-electron chi connectivity index (χ4n) is 1.92. The molecule has 0 aliphatic carbocycles. The molecule has 0 heterocycles. The topological polar surface area (TPSA) is 101 Å². The SMILES string of the molecule is Cc1ccc(C(=O)NNC(=O)C=Cc2ccccc2)cc1[N+](=O)[O-]. The Morgan fingerprint density at radius 2 is 1.79 bits per heavy atom. The maximum absolute atomic E-state index is 11.9. The molecule has 2 aromatic carbocycles. The van der Waals surface area contributed by atoms with E-state index >= 15 is 0 Å². The number of amides is 2. The first kappa shape index (κ1) is 16.9. The summed E-state index contributed by atoms with van der Waals surface area (Å²) < 4.78 is 0. The van der Waals surface area contributed by atoms with Crippen molar-refractivity contribution < 1.29 is 14.5 Å². The monoisotopic (exact) mass is 325 g/mol. The van der Waals surface area contributed by atoms with Crippen LogP contribution in [0.3, 0.4) is 0 Å². The van der Waals surface area contributed by atoms with Crippen LogP contribution >= 0.6 is 0 Å². The second-order valence-electron chi connectivity index (χ2n) is 4.95. The number of rotatable bonds is 4. The number of aryl methyl sites for hydroxylation is 1. The number of nitrogens with zero attached hydrogens (tertiary/aromatic N) is 1. The molecule has 2 aromatic rings. The third kappa shape index (κ3) is 4.51. The lowest BCUT2D eigenvalue weighted by atomic mass is 10.1. The Morgan fingerprint density at radius 1 is 1.08 bits per heavy atom. The molecule has 24 heavy (non-hydrogen) atoms. The zero-order valence-electron chi connectivity index (χ0n) is 12.9. The summed E-state index contributed by atoms with van der Waals surface area (Å²) in [6.45, 7) is 1.58. The second kappa shape index (κ2) is 7.68. The molecular weight excluding hydrogens is 310 g/mol. The summed E-state index contributed by atoms with van der Waals surface area (Å²) in [5.41, 5.74) is 5.65. The normalized spacial score (nSPS) is 10.4. The van der Waals surface area contributed by atoms with E-state index in [1.165, 1.54) is 18.2 Å². The number of hydrazine groups is 1. The first-order valence-corrected chi connectivity index (χ1v) is 7.06. The third-order valence-corrected chi connectivity index (χ3v) is 3.19. The first-order valence-electron chi connectivity index (χ1n) is 7.06. The van der Waals surface area contributed by atoms with Crippen LogP contribution in [0.2, 0.25) is 0 Å². The lowest BCUT2D eigenvalue weighted by Gasteiger charge is -2.06. The van der Waals surface area contributed by atoms with Gasteiger partial charge in [0.25, 0.3) is 17.5 Å². The Hall–Kier alpha value is -3.48. The summed E-state index contributed by atoms with van der Waals surface area (Å²) in [4.78, 5) is 33.9. The molecule has 2 amide bonds. The second-order valence-corrected chi connectivity index (χ2v) is 4.95. The number of benzene rings is 2. The van der Waals surface area contributed by atoms with Crippen molar-refractivity contribution in [2.24, 2.45) is 0 Å². The van der Waals surface area contributed by atoms with E-state index in [0.29, 0.717) is 5.56 Å². The van der Waals surface area contributed by atoms with E-state index in [-0.39, 0.29) is 11.3 Å². The maximum Gasteiger partial charge on any atom is 0.273 e. The van der Waals surface area contributed by atoms with E-state index in [2.05, 4.69) is 10.9 Å². The van der Waals surface area contributed by atoms with Gasteiger partial charge in [0.1, 0.15) is 0 Å². The number of carbonyl (C=O) groups is 2. The van der Waals surface area contributed by atoms with Crippen molar-refractivity contribution in [3.05, 3.63) is 81.4 Å². The van der Waals surface area contributed by atoms with Crippen LogP contribution in [-0.4, -0.2) is 16.7 Å². The Bertz CT molecular complexity index is 801. The van der Waals surface area contributed by atoms with Crippen LogP contribution in [-0.2, 0) is 4.79 Å². The highest BCUT2D eigenvalue weighted by Crippen LogP contribution is 2.18. The molecule has 122 valence electrons. The zero-order valence-corrected chi connectivity index (χ0v) is 12.9. The Morgan fingerprint density at radius 3 is 2.46 bits per heavy atom. The molecule has 0 bridgehead atoms. The largest absolute Gasteiger partial charge is 0.273 e. The van der Waals surface area contributed by atoms with Gasteiger partial charge in [-0.15, -0.1) is 0 Å². The fraction of sp³-hybridized carbons (Fsp3) is 0.0588. The Balaban J connectivity index is 1.95. The van der Waals surface area contributed by atoms with Crippen molar-refractivity contribution >= 4 is 23.6 Å². The van der Waals surface area contributed by atoms with Crippen LogP contribution in [0.5, 0.6) is 0 Å². The average Bonchev–Trinajstić information content (AvgIpc) is 2.59. The van der Waals surface area contributed by atoms with Gasteiger partial charge >= 0.3 is 0 Å². The van der Waals surface area contributed by atoms with Gasteiger partial charge in [-0.1, -0.05) is 36.4 Å². The predicted octanol–water partition coefficient (Wildman–Crippen LogP) is 2.38. The lowest BCUT2D eigenvalue weighted by molar-refractivity contribution is -0.385. The van der Waals surface area contributed by atoms with Gasteiger partial charge in [-0.3, -0.25) is 30.6 Å². The van der Waals surface area contributed by atoms with E-state index in [1.54, 1.807) is 13.0 Å². The third-order valence-electron chi connectivity index (χ3n) is 3.19. The number of nitro groups is 1. The molecule has 0 atom stereocenters. The summed E-state index contributed by atoms with van der Waals surface area (Å²) in [7, 11) is 0. The highest BCUT2D eigenvalue weighted by Gasteiger charge is 2.15. The van der Waals surface area contributed by atoms with Gasteiger partial charge in [-0.25, -0.2) is 0 Å². The standard InChI is InChI=1S/C17H15N3O4/c1-12-7-9-14(11-15(12)20(23)24)17(22)19-18-16(21)10-8-13-5-3-2-4-6-13/h2-11H,1H3,(H,18,21)(H,19,22). The minimum Gasteiger partial charge on any atom is -0.268 e. The van der Waals surface area contributed by atoms with E-state index in [4.69, 9.17) is 0 Å². The molecule has 0 saturated carbocycles. The summed E-state index contributed by atoms with van der Waals surface area (Å²) in [6.07, 6.45) is 2.87. The number of hydrogen-bond acceptors (Lipinski definition) is 4. The van der Waals surface area contributed by atoms with Crippen LogP contribution < -0.4 is 10.9 Å². The van der Waals surface area contributed by atoms with Gasteiger partial charge in [-0.05, 0) is 24.6 Å². The molecule has 7 heteroatoms. The Labute approximate surface area is 138 Å². The molecule has 0 aliphatic heterocycles. The van der Waals surface area contributed by atoms with Gasteiger partial charge in [0.15, 0.2) is 0 Å². The molecule has 0 spiro atoms. The van der Waals surface area contributed by atoms with Gasteiger partial charge < -0.3 is 0 Å². The molecule has 0 aromatic heterocycles. The Kier molecular flexibility index (Phi) is 5.40. The van der Waals surface area contributed by atoms with Gasteiger partial charge in [0, 0.05) is 23.3 Å². The predicted molar refractivity (Wildman–Crippen MR) is 88.9 cm³/mol. The van der Waals surface area contributed by atoms with Crippen LogP contribution in [0.4, 0.5) is 5.69 Å². The van der Waals surface area contributed by atoms with E-state index in [9.17, 15) is 19.7 Å². The highest BCUT2D eigenvalue weighted by atomic mass is 16.6. The first-order chi connectivity index (χ1) is 11.5. The molecule has 0 unspecified atom stereocenters. The minimum absolute atomic E-state index is 0.0830. The zero-order chi connectivity index (χ0) is 17.5. The lowest BCUT2D eigenvalue weighted by Crippen LogP contribution is -2.40. The summed E-state index contributed by atoms with van der Waals surface area (Å²) in [5, 5.41) is 10.9. The molecule has 0 aliphatic rings. The molecule has 2 N–H and O–H groups in total. The molecule has 0 fully saturated rings. The summed E-state index contributed by atoms with van der Waals surface area (Å²) in [6, 6.07) is 13.3. The number of nitrogens with one attached hydrogen (secondary N) is 2. The highest BCUT2D eigenvalue weighted by molar-refractivity contribution is 5.98. The molecular formula is C17H15N3O4. The van der Waals surface area contributed by atoms with Crippen molar-refractivity contribution in [1.82, 2.24) is 10.9 Å². The van der Waals surface area contributed by atoms with Crippen LogP contribution in [0.15, 0.2) is 54.6 Å². The smallest absolute Gasteiger partial charge is 0.268 e. The molecule has 0 saturated heterocycles. The summed E-state index contributed by atoms with van der Waals surface area (Å²) >= 11 is 0. The number of nitro benzene ring substituents is 1. The molecule has 0 radical (unpaired) electrons. The van der Waals surface area contributed by atoms with Crippen LogP contribution in [0.1, 0.15) is 21.5 Å². The maximum atomic E-state index is 11.9. The minimum atomic E-state index is -0.639. The van der Waals surface area contributed by atoms with Crippen molar-refractivity contribution in [2.75, 3.05) is 0 Å². The average molecular weight is 325 g/mol. The van der Waals surface area contributed by atoms with Crippen molar-refractivity contribution in [1.29, 1.82) is 0 Å². The van der Waals surface area contributed by atoms with Gasteiger partial charge in [-0.2, -0.15) is 0 Å². The number of hydrogen-bond donors (Lipinski definition) is 2. The van der Waals surface area contributed by atoms with Gasteiger partial charge in [0.2, 0.25) is 0 Å². The van der Waals surface area contributed by atoms with Crippen molar-refractivity contribution in [3.63, 3.8) is 0 Å². The van der Waals surface area contributed by atoms with Crippen molar-refractivity contribution in [3.8, 4) is 0 Å².